The summed E-state index contributed by atoms with van der Waals surface area (Å²) in [7, 11) is 0. The molecule has 0 amide bonds. The Morgan fingerprint density at radius 3 is 3.00 bits per heavy atom. The van der Waals surface area contributed by atoms with Crippen molar-refractivity contribution in [2.45, 2.75) is 45.3 Å². The summed E-state index contributed by atoms with van der Waals surface area (Å²) in [6.45, 7) is 2.69. The van der Waals surface area contributed by atoms with Gasteiger partial charge in [0.15, 0.2) is 0 Å². The number of esters is 1. The van der Waals surface area contributed by atoms with Gasteiger partial charge in [0, 0.05) is 12.8 Å². The van der Waals surface area contributed by atoms with Crippen LogP contribution in [0.5, 0.6) is 0 Å². The Morgan fingerprint density at radius 2 is 2.42 bits per heavy atom. The Labute approximate surface area is 73.0 Å². The zero-order valence-electron chi connectivity index (χ0n) is 7.54. The van der Waals surface area contributed by atoms with Crippen LogP contribution in [0.25, 0.3) is 0 Å². The molecule has 12 heavy (non-hydrogen) atoms. The normalized spacial score (nSPS) is 23.6. The van der Waals surface area contributed by atoms with Crippen molar-refractivity contribution < 1.29 is 14.3 Å². The van der Waals surface area contributed by atoms with E-state index in [1.807, 2.05) is 6.92 Å². The van der Waals surface area contributed by atoms with E-state index in [0.29, 0.717) is 6.42 Å². The van der Waals surface area contributed by atoms with Gasteiger partial charge in [0.05, 0.1) is 6.61 Å². The highest BCUT2D eigenvalue weighted by molar-refractivity contribution is 5.69. The molecule has 3 nitrogen and oxygen atoms in total. The lowest BCUT2D eigenvalue weighted by Gasteiger charge is -2.22. The van der Waals surface area contributed by atoms with Crippen LogP contribution in [0.3, 0.4) is 0 Å². The van der Waals surface area contributed by atoms with E-state index in [9.17, 15) is 4.79 Å². The van der Waals surface area contributed by atoms with Gasteiger partial charge in [-0.2, -0.15) is 0 Å². The monoisotopic (exact) mass is 172 g/mol. The summed E-state index contributed by atoms with van der Waals surface area (Å²) < 4.78 is 10.3. The molecular weight excluding hydrogens is 156 g/mol. The van der Waals surface area contributed by atoms with Crippen molar-refractivity contribution in [3.05, 3.63) is 0 Å². The van der Waals surface area contributed by atoms with E-state index in [-0.39, 0.29) is 12.3 Å². The number of rotatable bonds is 3. The number of hydrogen-bond acceptors (Lipinski definition) is 3. The molecule has 1 aliphatic rings. The molecule has 1 saturated heterocycles. The first-order valence-corrected chi connectivity index (χ1v) is 4.64. The predicted molar refractivity (Wildman–Crippen MR) is 44.6 cm³/mol. The molecule has 0 bridgehead atoms. The molecule has 0 aromatic carbocycles. The molecule has 1 rings (SSSR count). The lowest BCUT2D eigenvalue weighted by atomic mass is 10.2. The molecule has 1 aliphatic heterocycles. The zero-order chi connectivity index (χ0) is 8.81. The Balaban J connectivity index is 2.15. The summed E-state index contributed by atoms with van der Waals surface area (Å²) in [6.07, 6.45) is 4.12. The lowest BCUT2D eigenvalue weighted by molar-refractivity contribution is -0.186. The fourth-order valence-electron chi connectivity index (χ4n) is 1.21. The molecule has 1 unspecified atom stereocenters. The minimum atomic E-state index is -0.266. The molecule has 1 atom stereocenters. The standard InChI is InChI=1S/C9H16O3/c1-2-5-8(10)12-9-6-3-4-7-11-9/h9H,2-7H2,1H3. The molecule has 0 radical (unpaired) electrons. The van der Waals surface area contributed by atoms with E-state index in [1.165, 1.54) is 0 Å². The van der Waals surface area contributed by atoms with Crippen molar-refractivity contribution in [1.82, 2.24) is 0 Å². The average molecular weight is 172 g/mol. The maximum absolute atomic E-state index is 11.0. The van der Waals surface area contributed by atoms with E-state index in [1.54, 1.807) is 0 Å². The van der Waals surface area contributed by atoms with Gasteiger partial charge in [0.2, 0.25) is 6.29 Å². The summed E-state index contributed by atoms with van der Waals surface area (Å²) in [5.74, 6) is -0.135. The Kier molecular flexibility index (Phi) is 4.08. The summed E-state index contributed by atoms with van der Waals surface area (Å²) >= 11 is 0. The highest BCUT2D eigenvalue weighted by Crippen LogP contribution is 2.14. The van der Waals surface area contributed by atoms with Gasteiger partial charge in [-0.1, -0.05) is 6.92 Å². The second-order valence-electron chi connectivity index (χ2n) is 3.04. The third-order valence-electron chi connectivity index (χ3n) is 1.85. The van der Waals surface area contributed by atoms with Crippen LogP contribution >= 0.6 is 0 Å². The van der Waals surface area contributed by atoms with Crippen LogP contribution in [0.2, 0.25) is 0 Å². The molecule has 0 spiro atoms. The third-order valence-corrected chi connectivity index (χ3v) is 1.85. The van der Waals surface area contributed by atoms with Crippen molar-refractivity contribution >= 4 is 5.97 Å². The molecule has 1 fully saturated rings. The predicted octanol–water partition coefficient (Wildman–Crippen LogP) is 1.86. The molecule has 0 aromatic rings. The fourth-order valence-corrected chi connectivity index (χ4v) is 1.21. The number of hydrogen-bond donors (Lipinski definition) is 0. The summed E-state index contributed by atoms with van der Waals surface area (Å²) in [5.41, 5.74) is 0. The summed E-state index contributed by atoms with van der Waals surface area (Å²) in [6, 6.07) is 0. The van der Waals surface area contributed by atoms with Gasteiger partial charge in [-0.15, -0.1) is 0 Å². The van der Waals surface area contributed by atoms with E-state index in [0.717, 1.165) is 32.3 Å². The highest BCUT2D eigenvalue weighted by Gasteiger charge is 2.17. The van der Waals surface area contributed by atoms with Crippen LogP contribution in [-0.2, 0) is 14.3 Å². The van der Waals surface area contributed by atoms with Gasteiger partial charge in [-0.25, -0.2) is 0 Å². The van der Waals surface area contributed by atoms with E-state index in [2.05, 4.69) is 0 Å². The van der Waals surface area contributed by atoms with Gasteiger partial charge < -0.3 is 9.47 Å². The quantitative estimate of drug-likeness (QED) is 0.609. The molecule has 70 valence electrons. The van der Waals surface area contributed by atoms with Gasteiger partial charge in [-0.05, 0) is 19.3 Å². The fraction of sp³-hybridized carbons (Fsp3) is 0.889. The van der Waals surface area contributed by atoms with Crippen molar-refractivity contribution in [3.8, 4) is 0 Å². The average Bonchev–Trinajstić information content (AvgIpc) is 2.06. The van der Waals surface area contributed by atoms with Crippen LogP contribution in [0, 0.1) is 0 Å². The molecule has 0 aromatic heterocycles. The largest absolute Gasteiger partial charge is 0.436 e. The van der Waals surface area contributed by atoms with Crippen LogP contribution in [0.1, 0.15) is 39.0 Å². The van der Waals surface area contributed by atoms with E-state index >= 15 is 0 Å². The van der Waals surface area contributed by atoms with Crippen LogP contribution in [-0.4, -0.2) is 18.9 Å². The maximum atomic E-state index is 11.0. The molecule has 0 saturated carbocycles. The SMILES string of the molecule is CCCC(=O)OC1CCCCO1. The maximum Gasteiger partial charge on any atom is 0.308 e. The molecule has 1 heterocycles. The second-order valence-corrected chi connectivity index (χ2v) is 3.04. The number of ether oxygens (including phenoxy) is 2. The lowest BCUT2D eigenvalue weighted by Crippen LogP contribution is -2.25. The summed E-state index contributed by atoms with van der Waals surface area (Å²) in [5, 5.41) is 0. The topological polar surface area (TPSA) is 35.5 Å². The van der Waals surface area contributed by atoms with Crippen molar-refractivity contribution in [3.63, 3.8) is 0 Å². The Morgan fingerprint density at radius 1 is 1.58 bits per heavy atom. The number of carbonyl (C=O) groups excluding carboxylic acids is 1. The molecule has 0 N–H and O–H groups in total. The molecule has 3 heteroatoms. The summed E-state index contributed by atoms with van der Waals surface area (Å²) in [4.78, 5) is 11.0. The van der Waals surface area contributed by atoms with Crippen molar-refractivity contribution in [2.75, 3.05) is 6.61 Å². The highest BCUT2D eigenvalue weighted by atomic mass is 16.7. The first-order valence-electron chi connectivity index (χ1n) is 4.64. The van der Waals surface area contributed by atoms with Crippen LogP contribution < -0.4 is 0 Å². The molecular formula is C9H16O3. The van der Waals surface area contributed by atoms with Gasteiger partial charge in [0.1, 0.15) is 0 Å². The van der Waals surface area contributed by atoms with Crippen LogP contribution in [0.4, 0.5) is 0 Å². The molecule has 0 aliphatic carbocycles. The van der Waals surface area contributed by atoms with Crippen molar-refractivity contribution in [1.29, 1.82) is 0 Å². The Hall–Kier alpha value is -0.570. The van der Waals surface area contributed by atoms with Gasteiger partial charge in [-0.3, -0.25) is 4.79 Å². The third kappa shape index (κ3) is 3.22. The minimum absolute atomic E-state index is 0.135. The van der Waals surface area contributed by atoms with Crippen LogP contribution in [0.15, 0.2) is 0 Å². The minimum Gasteiger partial charge on any atom is -0.436 e. The van der Waals surface area contributed by atoms with Crippen molar-refractivity contribution in [2.24, 2.45) is 0 Å². The second kappa shape index (κ2) is 5.14. The zero-order valence-corrected chi connectivity index (χ0v) is 7.54. The smallest absolute Gasteiger partial charge is 0.308 e. The number of carbonyl (C=O) groups is 1. The van der Waals surface area contributed by atoms with E-state index in [4.69, 9.17) is 9.47 Å². The first-order chi connectivity index (χ1) is 5.83. The van der Waals surface area contributed by atoms with Gasteiger partial charge >= 0.3 is 5.97 Å². The van der Waals surface area contributed by atoms with E-state index < -0.39 is 0 Å². The Bertz CT molecular complexity index is 139. The van der Waals surface area contributed by atoms with Gasteiger partial charge in [0.25, 0.3) is 0 Å². The first kappa shape index (κ1) is 9.52.